The van der Waals surface area contributed by atoms with Crippen molar-refractivity contribution >= 4 is 15.7 Å². The number of sulfone groups is 1. The highest BCUT2D eigenvalue weighted by atomic mass is 32.2. The van der Waals surface area contributed by atoms with Crippen LogP contribution in [0, 0.1) is 0 Å². The lowest BCUT2D eigenvalue weighted by atomic mass is 10.0. The van der Waals surface area contributed by atoms with Crippen LogP contribution in [-0.4, -0.2) is 62.9 Å². The fourth-order valence-electron chi connectivity index (χ4n) is 3.33. The number of nitrogens with one attached hydrogen (secondary N) is 2. The van der Waals surface area contributed by atoms with Gasteiger partial charge in [0.1, 0.15) is 0 Å². The lowest BCUT2D eigenvalue weighted by Gasteiger charge is -2.21. The zero-order valence-electron chi connectivity index (χ0n) is 15.5. The number of nitrogens with zero attached hydrogens (tertiary/aromatic N) is 1. The second kappa shape index (κ2) is 7.84. The van der Waals surface area contributed by atoms with Crippen molar-refractivity contribution in [2.45, 2.75) is 23.9 Å². The SMILES string of the molecule is CCS(=O)(=O)c1ccc(C(CO)NC(=O)C2=CNC3CN(C)CC3=C2)cc1. The molecule has 1 amide bonds. The Labute approximate surface area is 159 Å². The Hall–Kier alpha value is -2.16. The number of carbonyl (C=O) groups is 1. The van der Waals surface area contributed by atoms with Crippen LogP contribution in [0.5, 0.6) is 0 Å². The molecular weight excluding hydrogens is 366 g/mol. The highest BCUT2D eigenvalue weighted by molar-refractivity contribution is 7.91. The van der Waals surface area contributed by atoms with Gasteiger partial charge in [0.15, 0.2) is 9.84 Å². The number of aliphatic hydroxyl groups is 1. The monoisotopic (exact) mass is 391 g/mol. The third-order valence-corrected chi connectivity index (χ3v) is 6.70. The van der Waals surface area contributed by atoms with E-state index in [1.54, 1.807) is 25.3 Å². The molecule has 2 atom stereocenters. The summed E-state index contributed by atoms with van der Waals surface area (Å²) in [5.74, 6) is -0.259. The van der Waals surface area contributed by atoms with Crippen LogP contribution in [0.3, 0.4) is 0 Å². The largest absolute Gasteiger partial charge is 0.394 e. The first kappa shape index (κ1) is 19.6. The van der Waals surface area contributed by atoms with Gasteiger partial charge in [-0.1, -0.05) is 19.1 Å². The molecule has 0 aromatic heterocycles. The quantitative estimate of drug-likeness (QED) is 0.648. The summed E-state index contributed by atoms with van der Waals surface area (Å²) in [6.45, 7) is 3.03. The first-order valence-corrected chi connectivity index (χ1v) is 10.6. The van der Waals surface area contributed by atoms with Crippen molar-refractivity contribution in [3.05, 3.63) is 53.3 Å². The molecule has 2 aliphatic heterocycles. The van der Waals surface area contributed by atoms with Gasteiger partial charge in [-0.3, -0.25) is 9.69 Å². The Morgan fingerprint density at radius 1 is 1.37 bits per heavy atom. The number of amides is 1. The lowest BCUT2D eigenvalue weighted by molar-refractivity contribution is -0.118. The van der Waals surface area contributed by atoms with E-state index >= 15 is 0 Å². The molecular formula is C19H25N3O4S. The third kappa shape index (κ3) is 4.23. The van der Waals surface area contributed by atoms with Crippen LogP contribution < -0.4 is 10.6 Å². The van der Waals surface area contributed by atoms with Crippen LogP contribution in [-0.2, 0) is 14.6 Å². The number of rotatable bonds is 6. The Kier molecular flexibility index (Phi) is 5.69. The summed E-state index contributed by atoms with van der Waals surface area (Å²) in [5, 5.41) is 15.7. The van der Waals surface area contributed by atoms with E-state index in [2.05, 4.69) is 15.5 Å². The number of hydrogen-bond acceptors (Lipinski definition) is 6. The highest BCUT2D eigenvalue weighted by Gasteiger charge is 2.28. The first-order chi connectivity index (χ1) is 12.8. The van der Waals surface area contributed by atoms with Crippen LogP contribution in [0.1, 0.15) is 18.5 Å². The van der Waals surface area contributed by atoms with Gasteiger partial charge >= 0.3 is 0 Å². The van der Waals surface area contributed by atoms with E-state index in [0.29, 0.717) is 11.1 Å². The maximum atomic E-state index is 12.6. The minimum atomic E-state index is -3.28. The van der Waals surface area contributed by atoms with Crippen molar-refractivity contribution in [1.82, 2.24) is 15.5 Å². The Morgan fingerprint density at radius 3 is 2.70 bits per heavy atom. The van der Waals surface area contributed by atoms with E-state index in [9.17, 15) is 18.3 Å². The molecule has 3 rings (SSSR count). The fraction of sp³-hybridized carbons (Fsp3) is 0.421. The molecule has 2 heterocycles. The zero-order chi connectivity index (χ0) is 19.6. The minimum absolute atomic E-state index is 0.0263. The maximum absolute atomic E-state index is 12.6. The second-order valence-corrected chi connectivity index (χ2v) is 9.19. The van der Waals surface area contributed by atoms with E-state index in [0.717, 1.165) is 13.1 Å². The molecule has 1 aromatic carbocycles. The summed E-state index contributed by atoms with van der Waals surface area (Å²) in [6, 6.07) is 5.89. The molecule has 1 fully saturated rings. The number of aliphatic hydroxyl groups excluding tert-OH is 1. The van der Waals surface area contributed by atoms with E-state index in [-0.39, 0.29) is 29.2 Å². The Morgan fingerprint density at radius 2 is 2.07 bits per heavy atom. The van der Waals surface area contributed by atoms with Gasteiger partial charge in [-0.15, -0.1) is 0 Å². The predicted octanol–water partition coefficient (Wildman–Crippen LogP) is 0.357. The number of dihydropyridines is 1. The average molecular weight is 391 g/mol. The highest BCUT2D eigenvalue weighted by Crippen LogP contribution is 2.22. The van der Waals surface area contributed by atoms with Crippen molar-refractivity contribution in [2.24, 2.45) is 0 Å². The smallest absolute Gasteiger partial charge is 0.253 e. The molecule has 0 saturated carbocycles. The van der Waals surface area contributed by atoms with Gasteiger partial charge in [0, 0.05) is 19.3 Å². The van der Waals surface area contributed by atoms with Gasteiger partial charge in [-0.2, -0.15) is 0 Å². The van der Waals surface area contributed by atoms with Gasteiger partial charge < -0.3 is 15.7 Å². The summed E-state index contributed by atoms with van der Waals surface area (Å²) < 4.78 is 23.8. The number of benzene rings is 1. The molecule has 1 aromatic rings. The Balaban J connectivity index is 1.71. The zero-order valence-corrected chi connectivity index (χ0v) is 16.3. The van der Waals surface area contributed by atoms with Gasteiger partial charge in [-0.25, -0.2) is 8.42 Å². The number of likely N-dealkylation sites (tertiary alicyclic amines) is 1. The van der Waals surface area contributed by atoms with Crippen molar-refractivity contribution in [2.75, 3.05) is 32.5 Å². The van der Waals surface area contributed by atoms with Crippen molar-refractivity contribution in [3.8, 4) is 0 Å². The number of likely N-dealkylation sites (N-methyl/N-ethyl adjacent to an activating group) is 1. The van der Waals surface area contributed by atoms with Crippen LogP contribution in [0.2, 0.25) is 0 Å². The molecule has 7 nitrogen and oxygen atoms in total. The number of fused-ring (bicyclic) bond motifs is 1. The van der Waals surface area contributed by atoms with Crippen LogP contribution in [0.25, 0.3) is 0 Å². The molecule has 146 valence electrons. The predicted molar refractivity (Wildman–Crippen MR) is 103 cm³/mol. The van der Waals surface area contributed by atoms with E-state index in [1.807, 2.05) is 13.1 Å². The first-order valence-electron chi connectivity index (χ1n) is 8.93. The van der Waals surface area contributed by atoms with Crippen LogP contribution >= 0.6 is 0 Å². The van der Waals surface area contributed by atoms with Crippen molar-refractivity contribution in [3.63, 3.8) is 0 Å². The maximum Gasteiger partial charge on any atom is 0.253 e. The summed E-state index contributed by atoms with van der Waals surface area (Å²) >= 11 is 0. The fourth-order valence-corrected chi connectivity index (χ4v) is 4.22. The molecule has 27 heavy (non-hydrogen) atoms. The normalized spacial score (nSPS) is 20.9. The molecule has 3 N–H and O–H groups in total. The third-order valence-electron chi connectivity index (χ3n) is 4.95. The van der Waals surface area contributed by atoms with Crippen LogP contribution in [0.15, 0.2) is 52.6 Å². The molecule has 2 unspecified atom stereocenters. The van der Waals surface area contributed by atoms with Gasteiger partial charge in [0.2, 0.25) is 0 Å². The molecule has 1 saturated heterocycles. The molecule has 0 spiro atoms. The summed E-state index contributed by atoms with van der Waals surface area (Å²) in [7, 11) is -1.25. The number of carbonyl (C=O) groups excluding carboxylic acids is 1. The summed E-state index contributed by atoms with van der Waals surface area (Å²) in [5.41, 5.74) is 2.33. The van der Waals surface area contributed by atoms with Gasteiger partial charge in [0.25, 0.3) is 5.91 Å². The van der Waals surface area contributed by atoms with E-state index in [4.69, 9.17) is 0 Å². The summed E-state index contributed by atoms with van der Waals surface area (Å²) in [4.78, 5) is 15.0. The van der Waals surface area contributed by atoms with Crippen LogP contribution in [0.4, 0.5) is 0 Å². The summed E-state index contributed by atoms with van der Waals surface area (Å²) in [6.07, 6.45) is 3.60. The molecule has 2 aliphatic rings. The van der Waals surface area contributed by atoms with E-state index in [1.165, 1.54) is 17.7 Å². The van der Waals surface area contributed by atoms with E-state index < -0.39 is 15.9 Å². The molecule has 0 bridgehead atoms. The molecule has 0 radical (unpaired) electrons. The number of hydrogen-bond donors (Lipinski definition) is 3. The topological polar surface area (TPSA) is 98.7 Å². The van der Waals surface area contributed by atoms with Gasteiger partial charge in [0.05, 0.1) is 34.9 Å². The second-order valence-electron chi connectivity index (χ2n) is 6.92. The average Bonchev–Trinajstić information content (AvgIpc) is 3.05. The molecule has 8 heteroatoms. The minimum Gasteiger partial charge on any atom is -0.394 e. The van der Waals surface area contributed by atoms with Crippen molar-refractivity contribution < 1.29 is 18.3 Å². The molecule has 0 aliphatic carbocycles. The standard InChI is InChI=1S/C19H25N3O4S/c1-3-27(25,26)16-6-4-13(5-7-16)18(12-23)21-19(24)14-8-15-10-22(2)11-17(15)20-9-14/h4-9,17-18,20,23H,3,10-12H2,1-2H3,(H,21,24). The Bertz CT molecular complexity index is 875. The lowest BCUT2D eigenvalue weighted by Crippen LogP contribution is -2.36. The van der Waals surface area contributed by atoms with Gasteiger partial charge in [-0.05, 0) is 36.4 Å². The van der Waals surface area contributed by atoms with Crippen molar-refractivity contribution in [1.29, 1.82) is 0 Å².